The highest BCUT2D eigenvalue weighted by atomic mass is 35.5. The van der Waals surface area contributed by atoms with Crippen molar-refractivity contribution in [1.29, 1.82) is 0 Å². The van der Waals surface area contributed by atoms with Crippen LogP contribution in [0.4, 0.5) is 5.69 Å². The summed E-state index contributed by atoms with van der Waals surface area (Å²) >= 11 is 5.99. The third kappa shape index (κ3) is 5.99. The number of carbonyl (C=O) groups is 2. The number of carboxylic acid groups (broad SMARTS) is 1. The summed E-state index contributed by atoms with van der Waals surface area (Å²) in [6, 6.07) is 2.82. The molecule has 0 radical (unpaired) electrons. The number of nitro benzene ring substituents is 1. The monoisotopic (exact) mass is 349 g/mol. The molecule has 0 aromatic heterocycles. The van der Waals surface area contributed by atoms with Gasteiger partial charge in [0.15, 0.2) is 6.29 Å². The number of rotatable bonds is 9. The summed E-state index contributed by atoms with van der Waals surface area (Å²) < 4.78 is 0. The third-order valence-corrected chi connectivity index (χ3v) is 3.49. The maximum atomic E-state index is 11.1. The van der Waals surface area contributed by atoms with Crippen molar-refractivity contribution in [2.45, 2.75) is 38.5 Å². The minimum absolute atomic E-state index is 0. The molecule has 0 aliphatic carbocycles. The van der Waals surface area contributed by atoms with E-state index in [1.165, 1.54) is 12.1 Å². The number of nitro groups is 1. The van der Waals surface area contributed by atoms with Gasteiger partial charge in [-0.1, -0.05) is 24.4 Å². The molecule has 0 fully saturated rings. The predicted octanol–water partition coefficient (Wildman–Crippen LogP) is 4.06. The van der Waals surface area contributed by atoms with Gasteiger partial charge < -0.3 is 5.11 Å². The Labute approximate surface area is 139 Å². The Morgan fingerprint density at radius 3 is 2.45 bits per heavy atom. The summed E-state index contributed by atoms with van der Waals surface area (Å²) in [6.45, 7) is 0. The van der Waals surface area contributed by atoms with Crippen LogP contribution in [0.2, 0.25) is 5.02 Å². The first-order valence-electron chi connectivity index (χ1n) is 6.60. The van der Waals surface area contributed by atoms with Crippen molar-refractivity contribution >= 4 is 42.0 Å². The molecule has 0 heterocycles. The molecule has 1 aromatic carbocycles. The Balaban J connectivity index is 0.00000441. The number of aliphatic carboxylic acids is 1. The fraction of sp³-hybridized carbons (Fsp3) is 0.429. The van der Waals surface area contributed by atoms with Crippen LogP contribution >= 0.6 is 24.0 Å². The Hall–Kier alpha value is -1.66. The highest BCUT2D eigenvalue weighted by Crippen LogP contribution is 2.31. The number of hydrogen-bond donors (Lipinski definition) is 1. The fourth-order valence-corrected chi connectivity index (χ4v) is 2.36. The molecule has 122 valence electrons. The summed E-state index contributed by atoms with van der Waals surface area (Å²) in [5.74, 6) is -0.827. The molecule has 1 N–H and O–H groups in total. The van der Waals surface area contributed by atoms with Gasteiger partial charge in [-0.25, -0.2) is 0 Å². The van der Waals surface area contributed by atoms with E-state index in [0.717, 1.165) is 12.8 Å². The smallest absolute Gasteiger partial charge is 0.303 e. The average Bonchev–Trinajstić information content (AvgIpc) is 2.43. The molecular weight excluding hydrogens is 333 g/mol. The van der Waals surface area contributed by atoms with Crippen LogP contribution in [-0.4, -0.2) is 22.3 Å². The van der Waals surface area contributed by atoms with Gasteiger partial charge in [0.1, 0.15) is 0 Å². The minimum atomic E-state index is -0.827. The largest absolute Gasteiger partial charge is 0.481 e. The number of carboxylic acids is 1. The molecule has 0 saturated heterocycles. The second-order valence-corrected chi connectivity index (χ2v) is 5.05. The summed E-state index contributed by atoms with van der Waals surface area (Å²) in [4.78, 5) is 31.7. The third-order valence-electron chi connectivity index (χ3n) is 3.13. The number of benzene rings is 1. The Bertz CT molecular complexity index is 548. The Morgan fingerprint density at radius 2 is 1.91 bits per heavy atom. The number of hydrogen-bond acceptors (Lipinski definition) is 4. The first kappa shape index (κ1) is 20.3. The normalized spacial score (nSPS) is 9.86. The van der Waals surface area contributed by atoms with E-state index in [0.29, 0.717) is 31.1 Å². The van der Waals surface area contributed by atoms with Gasteiger partial charge in [0, 0.05) is 12.0 Å². The van der Waals surface area contributed by atoms with Crippen molar-refractivity contribution in [3.63, 3.8) is 0 Å². The summed E-state index contributed by atoms with van der Waals surface area (Å²) in [7, 11) is 0. The number of halogens is 2. The molecule has 1 aromatic rings. The lowest BCUT2D eigenvalue weighted by Crippen LogP contribution is -2.01. The van der Waals surface area contributed by atoms with Gasteiger partial charge in [-0.05, 0) is 31.4 Å². The molecule has 22 heavy (non-hydrogen) atoms. The maximum Gasteiger partial charge on any atom is 0.303 e. The number of unbranched alkanes of at least 4 members (excludes halogenated alkanes) is 3. The lowest BCUT2D eigenvalue weighted by molar-refractivity contribution is -0.385. The first-order valence-corrected chi connectivity index (χ1v) is 6.98. The highest BCUT2D eigenvalue weighted by Gasteiger charge is 2.21. The van der Waals surface area contributed by atoms with Crippen LogP contribution in [0.1, 0.15) is 48.0 Å². The van der Waals surface area contributed by atoms with Gasteiger partial charge >= 0.3 is 5.97 Å². The molecule has 0 aliphatic rings. The van der Waals surface area contributed by atoms with Crippen LogP contribution in [0.3, 0.4) is 0 Å². The summed E-state index contributed by atoms with van der Waals surface area (Å²) in [6.07, 6.45) is 3.70. The van der Waals surface area contributed by atoms with Gasteiger partial charge in [-0.3, -0.25) is 19.7 Å². The van der Waals surface area contributed by atoms with Crippen LogP contribution in [0.5, 0.6) is 0 Å². The first-order chi connectivity index (χ1) is 9.97. The van der Waals surface area contributed by atoms with E-state index in [-0.39, 0.29) is 35.1 Å². The number of aldehydes is 1. The van der Waals surface area contributed by atoms with E-state index in [2.05, 4.69) is 0 Å². The number of carbonyl (C=O) groups excluding carboxylic acids is 1. The summed E-state index contributed by atoms with van der Waals surface area (Å²) in [5.41, 5.74) is 0.151. The molecular formula is C14H17Cl2NO5. The van der Waals surface area contributed by atoms with Gasteiger partial charge in [0.2, 0.25) is 0 Å². The van der Waals surface area contributed by atoms with Crippen LogP contribution in [-0.2, 0) is 11.2 Å². The highest BCUT2D eigenvalue weighted by molar-refractivity contribution is 6.31. The van der Waals surface area contributed by atoms with Crippen molar-refractivity contribution in [1.82, 2.24) is 0 Å². The molecule has 0 saturated carbocycles. The van der Waals surface area contributed by atoms with Crippen LogP contribution in [0.25, 0.3) is 0 Å². The second kappa shape index (κ2) is 10.1. The zero-order valence-electron chi connectivity index (χ0n) is 11.8. The maximum absolute atomic E-state index is 11.1. The van der Waals surface area contributed by atoms with E-state index in [1.54, 1.807) is 0 Å². The zero-order chi connectivity index (χ0) is 15.8. The van der Waals surface area contributed by atoms with Crippen LogP contribution in [0.15, 0.2) is 12.1 Å². The van der Waals surface area contributed by atoms with Gasteiger partial charge in [-0.15, -0.1) is 12.4 Å². The molecule has 0 aliphatic heterocycles. The molecule has 8 heteroatoms. The standard InChI is InChI=1S/C14H16ClNO5.ClH/c15-12-8-7-10(9-17)14(16(20)21)11(12)5-3-1-2-4-6-13(18)19;/h7-9H,1-6H2,(H,18,19);1H. The zero-order valence-corrected chi connectivity index (χ0v) is 13.4. The van der Waals surface area contributed by atoms with Crippen molar-refractivity contribution in [3.05, 3.63) is 38.4 Å². The van der Waals surface area contributed by atoms with Crippen LogP contribution in [0, 0.1) is 10.1 Å². The SMILES string of the molecule is Cl.O=Cc1ccc(Cl)c(CCCCCCC(=O)O)c1[N+](=O)[O-]. The minimum Gasteiger partial charge on any atom is -0.481 e. The van der Waals surface area contributed by atoms with Crippen molar-refractivity contribution in [2.75, 3.05) is 0 Å². The van der Waals surface area contributed by atoms with Gasteiger partial charge in [0.05, 0.1) is 15.5 Å². The molecule has 0 bridgehead atoms. The topological polar surface area (TPSA) is 97.5 Å². The van der Waals surface area contributed by atoms with Crippen molar-refractivity contribution in [2.24, 2.45) is 0 Å². The molecule has 0 amide bonds. The van der Waals surface area contributed by atoms with E-state index in [1.807, 2.05) is 0 Å². The second-order valence-electron chi connectivity index (χ2n) is 4.65. The van der Waals surface area contributed by atoms with E-state index < -0.39 is 10.9 Å². The van der Waals surface area contributed by atoms with E-state index in [9.17, 15) is 19.7 Å². The Kier molecular flexibility index (Phi) is 9.37. The lowest BCUT2D eigenvalue weighted by atomic mass is 10.0. The fourth-order valence-electron chi connectivity index (χ4n) is 2.11. The van der Waals surface area contributed by atoms with Crippen molar-refractivity contribution < 1.29 is 19.6 Å². The molecule has 6 nitrogen and oxygen atoms in total. The quantitative estimate of drug-likeness (QED) is 0.313. The van der Waals surface area contributed by atoms with Gasteiger partial charge in [0.25, 0.3) is 5.69 Å². The average molecular weight is 350 g/mol. The predicted molar refractivity (Wildman–Crippen MR) is 85.2 cm³/mol. The lowest BCUT2D eigenvalue weighted by Gasteiger charge is -2.07. The molecule has 1 rings (SSSR count). The summed E-state index contributed by atoms with van der Waals surface area (Å²) in [5, 5.41) is 19.9. The van der Waals surface area contributed by atoms with E-state index in [4.69, 9.17) is 16.7 Å². The molecule has 0 spiro atoms. The van der Waals surface area contributed by atoms with Crippen molar-refractivity contribution in [3.8, 4) is 0 Å². The van der Waals surface area contributed by atoms with E-state index >= 15 is 0 Å². The molecule has 0 atom stereocenters. The Morgan fingerprint density at radius 1 is 1.27 bits per heavy atom. The van der Waals surface area contributed by atoms with Gasteiger partial charge in [-0.2, -0.15) is 0 Å². The molecule has 0 unspecified atom stereocenters. The van der Waals surface area contributed by atoms with Crippen LogP contribution < -0.4 is 0 Å². The number of nitrogens with zero attached hydrogens (tertiary/aromatic N) is 1.